The van der Waals surface area contributed by atoms with E-state index < -0.39 is 23.7 Å². The molecule has 0 radical (unpaired) electrons. The molecule has 0 aliphatic heterocycles. The van der Waals surface area contributed by atoms with Crippen LogP contribution in [0, 0.1) is 5.82 Å². The molecule has 0 heterocycles. The van der Waals surface area contributed by atoms with E-state index in [9.17, 15) is 22.7 Å². The normalized spacial score (nSPS) is 12.5. The molecule has 3 aromatic carbocycles. The van der Waals surface area contributed by atoms with Gasteiger partial charge in [0.15, 0.2) is 0 Å². The average Bonchev–Trinajstić information content (AvgIpc) is 2.73. The minimum Gasteiger partial charge on any atom is -0.501 e. The summed E-state index contributed by atoms with van der Waals surface area (Å²) in [5, 5.41) is 10.9. The predicted molar refractivity (Wildman–Crippen MR) is 107 cm³/mol. The van der Waals surface area contributed by atoms with Crippen LogP contribution in [-0.4, -0.2) is 12.2 Å². The Morgan fingerprint density at radius 2 is 1.63 bits per heavy atom. The smallest absolute Gasteiger partial charge is 0.416 e. The van der Waals surface area contributed by atoms with Crippen LogP contribution in [0.3, 0.4) is 0 Å². The molecule has 0 aromatic heterocycles. The van der Waals surface area contributed by atoms with Crippen LogP contribution < -0.4 is 0 Å². The van der Waals surface area contributed by atoms with Crippen LogP contribution in [0.5, 0.6) is 0 Å². The Labute approximate surface area is 172 Å². The second-order valence-corrected chi connectivity index (χ2v) is 6.87. The summed E-state index contributed by atoms with van der Waals surface area (Å²) in [6.07, 6.45) is -5.10. The fraction of sp³-hybridized carbons (Fsp3) is 0.167. The van der Waals surface area contributed by atoms with Gasteiger partial charge < -0.3 is 9.84 Å². The van der Waals surface area contributed by atoms with Gasteiger partial charge in [-0.1, -0.05) is 49.0 Å². The van der Waals surface area contributed by atoms with Gasteiger partial charge in [-0.25, -0.2) is 4.39 Å². The van der Waals surface area contributed by atoms with E-state index >= 15 is 0 Å². The molecule has 0 saturated heterocycles. The number of halogens is 4. The first kappa shape index (κ1) is 21.6. The van der Waals surface area contributed by atoms with Crippen LogP contribution in [0.2, 0.25) is 0 Å². The highest BCUT2D eigenvalue weighted by Crippen LogP contribution is 2.35. The Balaban J connectivity index is 2.07. The van der Waals surface area contributed by atoms with Crippen molar-refractivity contribution in [1.82, 2.24) is 0 Å². The number of alkyl halides is 3. The number of hydrogen-bond donors (Lipinski definition) is 1. The minimum absolute atomic E-state index is 0.414. The molecule has 0 fully saturated rings. The van der Waals surface area contributed by atoms with Crippen molar-refractivity contribution in [2.24, 2.45) is 0 Å². The second-order valence-electron chi connectivity index (χ2n) is 6.87. The fourth-order valence-electron chi connectivity index (χ4n) is 3.17. The molecule has 0 aliphatic carbocycles. The summed E-state index contributed by atoms with van der Waals surface area (Å²) < 4.78 is 57.2. The van der Waals surface area contributed by atoms with Gasteiger partial charge in [-0.05, 0) is 52.1 Å². The predicted octanol–water partition coefficient (Wildman–Crippen LogP) is 6.30. The van der Waals surface area contributed by atoms with Crippen LogP contribution >= 0.6 is 0 Å². The molecule has 6 heteroatoms. The molecule has 0 aliphatic rings. The Hall–Kier alpha value is -3.12. The molecule has 30 heavy (non-hydrogen) atoms. The van der Waals surface area contributed by atoms with Crippen LogP contribution in [-0.2, 0) is 17.3 Å². The Kier molecular flexibility index (Phi) is 6.27. The van der Waals surface area contributed by atoms with Crippen molar-refractivity contribution in [2.45, 2.75) is 18.7 Å². The number of ether oxygens (including phenoxy) is 1. The van der Waals surface area contributed by atoms with Gasteiger partial charge in [-0.15, -0.1) is 0 Å². The fourth-order valence-corrected chi connectivity index (χ4v) is 3.17. The van der Waals surface area contributed by atoms with E-state index in [0.29, 0.717) is 34.4 Å². The second kappa shape index (κ2) is 8.71. The summed E-state index contributed by atoms with van der Waals surface area (Å²) in [7, 11) is 1.51. The van der Waals surface area contributed by atoms with Crippen molar-refractivity contribution in [3.63, 3.8) is 0 Å². The zero-order valence-electron chi connectivity index (χ0n) is 16.2. The van der Waals surface area contributed by atoms with Crippen molar-refractivity contribution in [3.05, 3.63) is 107 Å². The van der Waals surface area contributed by atoms with Gasteiger partial charge in [0, 0.05) is 6.42 Å². The molecule has 0 saturated carbocycles. The number of methoxy groups -OCH3 is 1. The zero-order chi connectivity index (χ0) is 21.9. The SMILES string of the molecule is C=C(Cc1ccc(C(O)c2ccc(F)cc2)c(-c2ccc(C(F)(F)F)cc2)c1)OC. The number of aliphatic hydroxyl groups is 1. The first-order valence-corrected chi connectivity index (χ1v) is 9.15. The Morgan fingerprint density at radius 1 is 1.00 bits per heavy atom. The third kappa shape index (κ3) is 4.89. The molecule has 2 nitrogen and oxygen atoms in total. The number of allylic oxidation sites excluding steroid dienone is 1. The maximum atomic E-state index is 13.2. The van der Waals surface area contributed by atoms with E-state index in [1.807, 2.05) is 0 Å². The molecule has 156 valence electrons. The van der Waals surface area contributed by atoms with Crippen LogP contribution in [0.25, 0.3) is 11.1 Å². The van der Waals surface area contributed by atoms with E-state index in [1.54, 1.807) is 18.2 Å². The van der Waals surface area contributed by atoms with Crippen molar-refractivity contribution in [1.29, 1.82) is 0 Å². The van der Waals surface area contributed by atoms with Crippen molar-refractivity contribution in [2.75, 3.05) is 7.11 Å². The van der Waals surface area contributed by atoms with Gasteiger partial charge in [0.2, 0.25) is 0 Å². The van der Waals surface area contributed by atoms with Crippen molar-refractivity contribution >= 4 is 0 Å². The topological polar surface area (TPSA) is 29.5 Å². The summed E-state index contributed by atoms with van der Waals surface area (Å²) in [4.78, 5) is 0. The van der Waals surface area contributed by atoms with Gasteiger partial charge in [0.25, 0.3) is 0 Å². The van der Waals surface area contributed by atoms with E-state index in [-0.39, 0.29) is 0 Å². The first-order valence-electron chi connectivity index (χ1n) is 9.15. The van der Waals surface area contributed by atoms with Crippen LogP contribution in [0.1, 0.15) is 28.4 Å². The molecule has 3 rings (SSSR count). The molecule has 0 amide bonds. The van der Waals surface area contributed by atoms with Crippen LogP contribution in [0.15, 0.2) is 79.1 Å². The summed E-state index contributed by atoms with van der Waals surface area (Å²) in [5.74, 6) is 0.0996. The minimum atomic E-state index is -4.44. The Bertz CT molecular complexity index is 1020. The highest BCUT2D eigenvalue weighted by atomic mass is 19.4. The standard InChI is InChI=1S/C24H20F4O2/c1-15(30-2)13-16-3-12-21(23(29)18-6-10-20(25)11-7-18)22(14-16)17-4-8-19(9-5-17)24(26,27)28/h3-12,14,23,29H,1,13H2,2H3. The monoisotopic (exact) mass is 416 g/mol. The lowest BCUT2D eigenvalue weighted by molar-refractivity contribution is -0.137. The van der Waals surface area contributed by atoms with E-state index in [0.717, 1.165) is 17.7 Å². The summed E-state index contributed by atoms with van der Waals surface area (Å²) in [5.41, 5.74) is 2.13. The van der Waals surface area contributed by atoms with Crippen molar-refractivity contribution in [3.8, 4) is 11.1 Å². The van der Waals surface area contributed by atoms with Crippen molar-refractivity contribution < 1.29 is 27.4 Å². The molecular weight excluding hydrogens is 396 g/mol. The highest BCUT2D eigenvalue weighted by molar-refractivity contribution is 5.70. The molecule has 1 unspecified atom stereocenters. The van der Waals surface area contributed by atoms with Crippen LogP contribution in [0.4, 0.5) is 17.6 Å². The lowest BCUT2D eigenvalue weighted by Crippen LogP contribution is -2.05. The van der Waals surface area contributed by atoms with E-state index in [4.69, 9.17) is 4.74 Å². The van der Waals surface area contributed by atoms with Gasteiger partial charge in [-0.3, -0.25) is 0 Å². The maximum absolute atomic E-state index is 13.2. The largest absolute Gasteiger partial charge is 0.501 e. The summed E-state index contributed by atoms with van der Waals surface area (Å²) in [6.45, 7) is 3.79. The molecule has 1 N–H and O–H groups in total. The number of hydrogen-bond acceptors (Lipinski definition) is 2. The lowest BCUT2D eigenvalue weighted by atomic mass is 9.90. The molecule has 1 atom stereocenters. The number of benzene rings is 3. The van der Waals surface area contributed by atoms with Gasteiger partial charge in [-0.2, -0.15) is 13.2 Å². The van der Waals surface area contributed by atoms with E-state index in [1.165, 1.54) is 43.5 Å². The third-order valence-corrected chi connectivity index (χ3v) is 4.81. The molecule has 3 aromatic rings. The lowest BCUT2D eigenvalue weighted by Gasteiger charge is -2.18. The average molecular weight is 416 g/mol. The number of aliphatic hydroxyl groups excluding tert-OH is 1. The molecule has 0 bridgehead atoms. The van der Waals surface area contributed by atoms with E-state index in [2.05, 4.69) is 6.58 Å². The van der Waals surface area contributed by atoms with Gasteiger partial charge >= 0.3 is 6.18 Å². The quantitative estimate of drug-likeness (QED) is 0.378. The maximum Gasteiger partial charge on any atom is 0.416 e. The van der Waals surface area contributed by atoms with Gasteiger partial charge in [0.05, 0.1) is 18.4 Å². The third-order valence-electron chi connectivity index (χ3n) is 4.81. The molecule has 0 spiro atoms. The summed E-state index contributed by atoms with van der Waals surface area (Å²) >= 11 is 0. The van der Waals surface area contributed by atoms with Gasteiger partial charge in [0.1, 0.15) is 11.9 Å². The summed E-state index contributed by atoms with van der Waals surface area (Å²) in [6, 6.07) is 15.5. The molecular formula is C24H20F4O2. The highest BCUT2D eigenvalue weighted by Gasteiger charge is 2.30. The first-order chi connectivity index (χ1) is 14.2. The zero-order valence-corrected chi connectivity index (χ0v) is 16.2. The Morgan fingerprint density at radius 3 is 2.20 bits per heavy atom. The number of rotatable bonds is 6.